The summed E-state index contributed by atoms with van der Waals surface area (Å²) in [6.45, 7) is 3.11. The third kappa shape index (κ3) is 3.07. The number of hydrogen-bond donors (Lipinski definition) is 0. The molecule has 130 valence electrons. The molecule has 4 rings (SSSR count). The predicted molar refractivity (Wildman–Crippen MR) is 86.7 cm³/mol. The molecule has 0 saturated carbocycles. The second-order valence-corrected chi connectivity index (χ2v) is 6.03. The molecule has 0 aliphatic carbocycles. The van der Waals surface area contributed by atoms with E-state index in [2.05, 4.69) is 15.2 Å². The summed E-state index contributed by atoms with van der Waals surface area (Å²) in [6, 6.07) is 5.21. The zero-order valence-corrected chi connectivity index (χ0v) is 14.0. The molecule has 0 N–H and O–H groups in total. The number of likely N-dealkylation sites (tertiary alicyclic amines) is 1. The van der Waals surface area contributed by atoms with Gasteiger partial charge in [0.05, 0.1) is 12.6 Å². The first-order valence-corrected chi connectivity index (χ1v) is 8.44. The smallest absolute Gasteiger partial charge is 0.290 e. The van der Waals surface area contributed by atoms with E-state index in [1.165, 1.54) is 0 Å². The Morgan fingerprint density at radius 3 is 3.08 bits per heavy atom. The summed E-state index contributed by atoms with van der Waals surface area (Å²) in [5.41, 5.74) is 0. The number of carbonyl (C=O) groups is 1. The van der Waals surface area contributed by atoms with Crippen LogP contribution in [0.2, 0.25) is 0 Å². The molecule has 1 atom stereocenters. The molecule has 25 heavy (non-hydrogen) atoms. The highest BCUT2D eigenvalue weighted by molar-refractivity contribution is 5.92. The van der Waals surface area contributed by atoms with Crippen molar-refractivity contribution in [2.24, 2.45) is 0 Å². The Kier molecular flexibility index (Phi) is 4.09. The third-order valence-electron chi connectivity index (χ3n) is 4.35. The fraction of sp³-hybridized carbons (Fsp3) is 0.412. The number of furan rings is 1. The van der Waals surface area contributed by atoms with E-state index in [4.69, 9.17) is 8.94 Å². The number of rotatable bonds is 5. The van der Waals surface area contributed by atoms with Crippen LogP contribution in [-0.4, -0.2) is 37.3 Å². The summed E-state index contributed by atoms with van der Waals surface area (Å²) in [4.78, 5) is 19.0. The molecule has 1 saturated heterocycles. The molecule has 1 amide bonds. The van der Waals surface area contributed by atoms with Gasteiger partial charge >= 0.3 is 0 Å². The molecule has 0 aromatic carbocycles. The van der Waals surface area contributed by atoms with Crippen molar-refractivity contribution in [3.05, 3.63) is 53.8 Å². The van der Waals surface area contributed by atoms with E-state index < -0.39 is 0 Å². The van der Waals surface area contributed by atoms with E-state index >= 15 is 0 Å². The van der Waals surface area contributed by atoms with Gasteiger partial charge in [-0.3, -0.25) is 9.48 Å². The van der Waals surface area contributed by atoms with Crippen molar-refractivity contribution in [3.8, 4) is 0 Å². The zero-order valence-electron chi connectivity index (χ0n) is 14.0. The third-order valence-corrected chi connectivity index (χ3v) is 4.35. The SMILES string of the molecule is CCc1nc(C2CCCN2C(=O)c2ccc(Cn3cccn3)o2)no1. The largest absolute Gasteiger partial charge is 0.454 e. The van der Waals surface area contributed by atoms with E-state index in [0.29, 0.717) is 42.7 Å². The van der Waals surface area contributed by atoms with Crippen molar-refractivity contribution in [2.75, 3.05) is 6.54 Å². The number of amides is 1. The zero-order chi connectivity index (χ0) is 17.2. The standard InChI is InChI=1S/C17H19N5O3/c1-2-15-19-16(20-25-15)13-5-3-10-22(13)17(23)14-7-6-12(24-14)11-21-9-4-8-18-21/h4,6-9,13H,2-3,5,10-11H2,1H3. The minimum atomic E-state index is -0.156. The summed E-state index contributed by atoms with van der Waals surface area (Å²) < 4.78 is 12.7. The topological polar surface area (TPSA) is 90.2 Å². The lowest BCUT2D eigenvalue weighted by Crippen LogP contribution is -2.30. The van der Waals surface area contributed by atoms with Crippen LogP contribution in [-0.2, 0) is 13.0 Å². The van der Waals surface area contributed by atoms with Crippen LogP contribution in [0.3, 0.4) is 0 Å². The summed E-state index contributed by atoms with van der Waals surface area (Å²) >= 11 is 0. The summed E-state index contributed by atoms with van der Waals surface area (Å²) in [5, 5.41) is 8.17. The molecular formula is C17H19N5O3. The van der Waals surface area contributed by atoms with Gasteiger partial charge in [-0.25, -0.2) is 0 Å². The lowest BCUT2D eigenvalue weighted by Gasteiger charge is -2.20. The van der Waals surface area contributed by atoms with Crippen molar-refractivity contribution >= 4 is 5.91 Å². The van der Waals surface area contributed by atoms with Crippen LogP contribution in [0.1, 0.15) is 53.8 Å². The highest BCUT2D eigenvalue weighted by atomic mass is 16.5. The van der Waals surface area contributed by atoms with Crippen LogP contribution in [0.25, 0.3) is 0 Å². The first-order valence-electron chi connectivity index (χ1n) is 8.44. The van der Waals surface area contributed by atoms with Crippen LogP contribution in [0.5, 0.6) is 0 Å². The molecular weight excluding hydrogens is 322 g/mol. The van der Waals surface area contributed by atoms with Gasteiger partial charge in [0.1, 0.15) is 5.76 Å². The van der Waals surface area contributed by atoms with E-state index in [1.54, 1.807) is 21.8 Å². The first-order chi connectivity index (χ1) is 12.2. The fourth-order valence-corrected chi connectivity index (χ4v) is 3.10. The van der Waals surface area contributed by atoms with E-state index in [0.717, 1.165) is 12.8 Å². The molecule has 0 radical (unpaired) electrons. The van der Waals surface area contributed by atoms with Crippen LogP contribution in [0.15, 0.2) is 39.5 Å². The maximum atomic E-state index is 12.8. The van der Waals surface area contributed by atoms with Crippen molar-refractivity contribution in [2.45, 2.75) is 38.8 Å². The second-order valence-electron chi connectivity index (χ2n) is 6.03. The van der Waals surface area contributed by atoms with Crippen molar-refractivity contribution in [3.63, 3.8) is 0 Å². The lowest BCUT2D eigenvalue weighted by atomic mass is 10.2. The summed E-state index contributed by atoms with van der Waals surface area (Å²) in [6.07, 6.45) is 5.98. The number of carbonyl (C=O) groups excluding carboxylic acids is 1. The first kappa shape index (κ1) is 15.6. The Bertz CT molecular complexity index is 851. The molecule has 8 heteroatoms. The van der Waals surface area contributed by atoms with Gasteiger partial charge in [-0.15, -0.1) is 0 Å². The molecule has 3 aromatic rings. The van der Waals surface area contributed by atoms with Gasteiger partial charge < -0.3 is 13.8 Å². The fourth-order valence-electron chi connectivity index (χ4n) is 3.10. The highest BCUT2D eigenvalue weighted by Crippen LogP contribution is 2.31. The Labute approximate surface area is 144 Å². The molecule has 3 aromatic heterocycles. The normalized spacial score (nSPS) is 17.3. The second kappa shape index (κ2) is 6.54. The van der Waals surface area contributed by atoms with Gasteiger partial charge in [-0.05, 0) is 31.0 Å². The van der Waals surface area contributed by atoms with E-state index in [1.807, 2.05) is 25.3 Å². The van der Waals surface area contributed by atoms with E-state index in [-0.39, 0.29) is 11.9 Å². The van der Waals surface area contributed by atoms with Gasteiger partial charge in [0.2, 0.25) is 5.89 Å². The van der Waals surface area contributed by atoms with Gasteiger partial charge in [0.25, 0.3) is 5.91 Å². The molecule has 1 unspecified atom stereocenters. The lowest BCUT2D eigenvalue weighted by molar-refractivity contribution is 0.0693. The molecule has 0 spiro atoms. The quantitative estimate of drug-likeness (QED) is 0.708. The van der Waals surface area contributed by atoms with Crippen LogP contribution in [0, 0.1) is 0 Å². The molecule has 1 aliphatic rings. The Morgan fingerprint density at radius 1 is 1.40 bits per heavy atom. The minimum absolute atomic E-state index is 0.142. The minimum Gasteiger partial charge on any atom is -0.454 e. The number of hydrogen-bond acceptors (Lipinski definition) is 6. The van der Waals surface area contributed by atoms with Gasteiger partial charge in [-0.2, -0.15) is 10.1 Å². The van der Waals surface area contributed by atoms with Crippen LogP contribution >= 0.6 is 0 Å². The number of aryl methyl sites for hydroxylation is 1. The molecule has 4 heterocycles. The highest BCUT2D eigenvalue weighted by Gasteiger charge is 2.35. The summed E-state index contributed by atoms with van der Waals surface area (Å²) in [5.74, 6) is 2.04. The Morgan fingerprint density at radius 2 is 2.32 bits per heavy atom. The molecule has 1 aliphatic heterocycles. The monoisotopic (exact) mass is 341 g/mol. The Balaban J connectivity index is 1.50. The number of aromatic nitrogens is 4. The average molecular weight is 341 g/mol. The van der Waals surface area contributed by atoms with E-state index in [9.17, 15) is 4.79 Å². The molecule has 8 nitrogen and oxygen atoms in total. The maximum absolute atomic E-state index is 12.8. The van der Waals surface area contributed by atoms with Crippen LogP contribution in [0.4, 0.5) is 0 Å². The molecule has 0 bridgehead atoms. The van der Waals surface area contributed by atoms with Gasteiger partial charge in [-0.1, -0.05) is 12.1 Å². The van der Waals surface area contributed by atoms with Crippen molar-refractivity contribution in [1.29, 1.82) is 0 Å². The van der Waals surface area contributed by atoms with Crippen molar-refractivity contribution < 1.29 is 13.7 Å². The van der Waals surface area contributed by atoms with Crippen LogP contribution < -0.4 is 0 Å². The van der Waals surface area contributed by atoms with Gasteiger partial charge in [0, 0.05) is 25.4 Å². The summed E-state index contributed by atoms with van der Waals surface area (Å²) in [7, 11) is 0. The maximum Gasteiger partial charge on any atom is 0.290 e. The predicted octanol–water partition coefficient (Wildman–Crippen LogP) is 2.45. The van der Waals surface area contributed by atoms with Gasteiger partial charge in [0.15, 0.2) is 11.6 Å². The number of nitrogens with zero attached hydrogens (tertiary/aromatic N) is 5. The van der Waals surface area contributed by atoms with Crippen molar-refractivity contribution in [1.82, 2.24) is 24.8 Å². The Hall–Kier alpha value is -2.90. The molecule has 1 fully saturated rings. The average Bonchev–Trinajstić information content (AvgIpc) is 3.39.